The first kappa shape index (κ1) is 22.2. The quantitative estimate of drug-likeness (QED) is 0.344. The van der Waals surface area contributed by atoms with E-state index in [1.54, 1.807) is 4.52 Å². The van der Waals surface area contributed by atoms with Crippen molar-refractivity contribution in [2.45, 2.75) is 31.3 Å². The zero-order chi connectivity index (χ0) is 23.7. The molecule has 2 N–H and O–H groups in total. The number of amides is 1. The van der Waals surface area contributed by atoms with E-state index in [1.807, 2.05) is 50.4 Å². The Bertz CT molecular complexity index is 1470. The van der Waals surface area contributed by atoms with Gasteiger partial charge in [-0.3, -0.25) is 4.79 Å². The van der Waals surface area contributed by atoms with Gasteiger partial charge in [-0.05, 0) is 37.3 Å². The zero-order valence-electron chi connectivity index (χ0n) is 19.4. The van der Waals surface area contributed by atoms with Crippen LogP contribution in [0, 0.1) is 13.8 Å². The lowest BCUT2D eigenvalue weighted by atomic mass is 9.91. The highest BCUT2D eigenvalue weighted by atomic mass is 32.2. The lowest BCUT2D eigenvalue weighted by molar-refractivity contribution is -0.120. The van der Waals surface area contributed by atoms with Gasteiger partial charge in [-0.1, -0.05) is 60.3 Å². The van der Waals surface area contributed by atoms with E-state index in [2.05, 4.69) is 55.8 Å². The van der Waals surface area contributed by atoms with Crippen LogP contribution < -0.4 is 5.32 Å². The van der Waals surface area contributed by atoms with Crippen LogP contribution in [-0.2, 0) is 11.2 Å². The van der Waals surface area contributed by atoms with Gasteiger partial charge in [0, 0.05) is 46.5 Å². The minimum absolute atomic E-state index is 0.0311. The third kappa shape index (κ3) is 4.17. The van der Waals surface area contributed by atoms with Crippen molar-refractivity contribution < 1.29 is 4.79 Å². The molecule has 5 rings (SSSR count). The number of aryl methyl sites for hydroxylation is 2. The molecule has 0 spiro atoms. The highest BCUT2D eigenvalue weighted by Gasteiger charge is 2.20. The van der Waals surface area contributed by atoms with Crippen molar-refractivity contribution in [1.82, 2.24) is 29.9 Å². The number of aromatic amines is 1. The van der Waals surface area contributed by atoms with Crippen molar-refractivity contribution in [2.24, 2.45) is 0 Å². The third-order valence-electron chi connectivity index (χ3n) is 6.25. The largest absolute Gasteiger partial charge is 0.361 e. The average molecular weight is 471 g/mol. The number of thioether (sulfide) groups is 1. The van der Waals surface area contributed by atoms with Crippen LogP contribution in [0.4, 0.5) is 0 Å². The Morgan fingerprint density at radius 2 is 1.85 bits per heavy atom. The van der Waals surface area contributed by atoms with Crippen molar-refractivity contribution >= 4 is 34.3 Å². The Kier molecular flexibility index (Phi) is 6.06. The molecule has 0 aliphatic rings. The third-order valence-corrected chi connectivity index (χ3v) is 6.79. The summed E-state index contributed by atoms with van der Waals surface area (Å²) in [5.41, 5.74) is 6.00. The Morgan fingerprint density at radius 1 is 1.09 bits per heavy atom. The van der Waals surface area contributed by atoms with Gasteiger partial charge in [-0.2, -0.15) is 4.98 Å². The summed E-state index contributed by atoms with van der Waals surface area (Å²) in [5, 5.41) is 9.50. The second-order valence-electron chi connectivity index (χ2n) is 8.31. The first-order chi connectivity index (χ1) is 16.5. The maximum absolute atomic E-state index is 13.1. The summed E-state index contributed by atoms with van der Waals surface area (Å²) in [6, 6.07) is 18.6. The number of fused-ring (bicyclic) bond motifs is 2. The number of carbonyl (C=O) groups excluding carboxylic acids is 1. The number of benzene rings is 2. The molecule has 0 radical (unpaired) electrons. The lowest BCUT2D eigenvalue weighted by Crippen LogP contribution is -2.30. The van der Waals surface area contributed by atoms with Gasteiger partial charge in [0.2, 0.25) is 11.1 Å². The molecule has 7 nitrogen and oxygen atoms in total. The molecule has 0 bridgehead atoms. The Morgan fingerprint density at radius 3 is 2.65 bits per heavy atom. The van der Waals surface area contributed by atoms with Crippen molar-refractivity contribution in [1.29, 1.82) is 0 Å². The molecule has 0 aliphatic carbocycles. The summed E-state index contributed by atoms with van der Waals surface area (Å²) in [7, 11) is 0. The van der Waals surface area contributed by atoms with Crippen molar-refractivity contribution in [3.63, 3.8) is 0 Å². The fourth-order valence-corrected chi connectivity index (χ4v) is 4.78. The number of rotatable bonds is 7. The van der Waals surface area contributed by atoms with Crippen LogP contribution in [-0.4, -0.2) is 43.3 Å². The van der Waals surface area contributed by atoms with E-state index in [4.69, 9.17) is 0 Å². The molecule has 0 aliphatic heterocycles. The van der Waals surface area contributed by atoms with Crippen LogP contribution in [0.3, 0.4) is 0 Å². The standard InChI is InChI=1S/C26H26N6OS/c1-16-20(17(2)32-25(29-16)30-26(31-32)34-3)13-24(33)28-14-21(18-9-5-4-6-10-18)22-15-27-23-12-8-7-11-19(22)23/h4-12,15,21,27H,13-14H2,1-3H3,(H,28,33)/t21-/m0/s1. The van der Waals surface area contributed by atoms with Crippen LogP contribution in [0.1, 0.15) is 34.0 Å². The van der Waals surface area contributed by atoms with Gasteiger partial charge in [0.15, 0.2) is 0 Å². The minimum atomic E-state index is -0.0432. The number of hydrogen-bond donors (Lipinski definition) is 2. The summed E-state index contributed by atoms with van der Waals surface area (Å²) < 4.78 is 1.72. The number of para-hydroxylation sites is 1. The van der Waals surface area contributed by atoms with Crippen molar-refractivity contribution in [3.05, 3.63) is 88.9 Å². The second-order valence-corrected chi connectivity index (χ2v) is 9.08. The molecule has 1 amide bonds. The normalized spacial score (nSPS) is 12.3. The first-order valence-electron chi connectivity index (χ1n) is 11.2. The summed E-state index contributed by atoms with van der Waals surface area (Å²) >= 11 is 1.47. The smallest absolute Gasteiger partial charge is 0.253 e. The Balaban J connectivity index is 1.39. The number of aromatic nitrogens is 5. The number of H-pyrrole nitrogens is 1. The molecule has 0 saturated carbocycles. The van der Waals surface area contributed by atoms with Gasteiger partial charge in [0.25, 0.3) is 5.78 Å². The monoisotopic (exact) mass is 470 g/mol. The van der Waals surface area contributed by atoms with E-state index in [0.29, 0.717) is 17.5 Å². The van der Waals surface area contributed by atoms with E-state index in [1.165, 1.54) is 22.7 Å². The van der Waals surface area contributed by atoms with E-state index in [0.717, 1.165) is 28.0 Å². The predicted octanol–water partition coefficient (Wildman–Crippen LogP) is 4.44. The number of carbonyl (C=O) groups is 1. The van der Waals surface area contributed by atoms with Crippen LogP contribution in [0.25, 0.3) is 16.7 Å². The van der Waals surface area contributed by atoms with E-state index in [9.17, 15) is 4.79 Å². The van der Waals surface area contributed by atoms with Gasteiger partial charge in [0.05, 0.1) is 6.42 Å². The number of nitrogens with one attached hydrogen (secondary N) is 2. The van der Waals surface area contributed by atoms with E-state index in [-0.39, 0.29) is 18.2 Å². The highest BCUT2D eigenvalue weighted by Crippen LogP contribution is 2.30. The molecule has 3 aromatic heterocycles. The molecule has 172 valence electrons. The maximum atomic E-state index is 13.1. The summed E-state index contributed by atoms with van der Waals surface area (Å²) in [4.78, 5) is 25.4. The highest BCUT2D eigenvalue weighted by molar-refractivity contribution is 7.98. The molecular weight excluding hydrogens is 444 g/mol. The molecule has 3 heterocycles. The molecule has 1 atom stereocenters. The predicted molar refractivity (Wildman–Crippen MR) is 135 cm³/mol. The maximum Gasteiger partial charge on any atom is 0.253 e. The summed E-state index contributed by atoms with van der Waals surface area (Å²) in [6.45, 7) is 4.38. The van der Waals surface area contributed by atoms with Crippen molar-refractivity contribution in [3.8, 4) is 0 Å². The summed E-state index contributed by atoms with van der Waals surface area (Å²) in [6.07, 6.45) is 4.22. The molecule has 8 heteroatoms. The Labute approximate surface area is 202 Å². The zero-order valence-corrected chi connectivity index (χ0v) is 20.2. The summed E-state index contributed by atoms with van der Waals surface area (Å²) in [5.74, 6) is 0.550. The Hall–Kier alpha value is -3.65. The molecule has 0 unspecified atom stereocenters. The second kappa shape index (κ2) is 9.30. The number of nitrogens with zero attached hydrogens (tertiary/aromatic N) is 4. The average Bonchev–Trinajstić information content (AvgIpc) is 3.47. The van der Waals surface area contributed by atoms with Gasteiger partial charge in [-0.15, -0.1) is 5.10 Å². The van der Waals surface area contributed by atoms with E-state index < -0.39 is 0 Å². The first-order valence-corrected chi connectivity index (χ1v) is 12.4. The molecule has 2 aromatic carbocycles. The fourth-order valence-electron chi connectivity index (χ4n) is 4.45. The van der Waals surface area contributed by atoms with Crippen LogP contribution >= 0.6 is 11.8 Å². The molecule has 0 saturated heterocycles. The fraction of sp³-hybridized carbons (Fsp3) is 0.231. The number of hydrogen-bond acceptors (Lipinski definition) is 5. The van der Waals surface area contributed by atoms with Crippen LogP contribution in [0.15, 0.2) is 66.0 Å². The van der Waals surface area contributed by atoms with Gasteiger partial charge < -0.3 is 10.3 Å². The van der Waals surface area contributed by atoms with E-state index >= 15 is 0 Å². The van der Waals surface area contributed by atoms with Crippen LogP contribution in [0.5, 0.6) is 0 Å². The van der Waals surface area contributed by atoms with Gasteiger partial charge in [-0.25, -0.2) is 9.50 Å². The van der Waals surface area contributed by atoms with Crippen molar-refractivity contribution in [2.75, 3.05) is 12.8 Å². The van der Waals surface area contributed by atoms with Gasteiger partial charge in [0.1, 0.15) is 0 Å². The lowest BCUT2D eigenvalue weighted by Gasteiger charge is -2.19. The molecular formula is C26H26N6OS. The molecule has 0 fully saturated rings. The SMILES string of the molecule is CSc1nc2nc(C)c(CC(=O)NC[C@@H](c3ccccc3)c3c[nH]c4ccccc34)c(C)n2n1. The minimum Gasteiger partial charge on any atom is -0.361 e. The van der Waals surface area contributed by atoms with Crippen LogP contribution in [0.2, 0.25) is 0 Å². The topological polar surface area (TPSA) is 88.0 Å². The van der Waals surface area contributed by atoms with Gasteiger partial charge >= 0.3 is 0 Å². The molecule has 5 aromatic rings. The molecule has 34 heavy (non-hydrogen) atoms.